The SMILES string of the molecule is C1=C/C(=c2/cc/c(=c3/cc/c(=C4/C=CC(c5ccc[nH]5)=N4)[nH]3)[nH]2)N=C1c1ccc[nH]1. The molecule has 6 heteroatoms. The number of hydrogen-bond donors (Lipinski definition) is 4. The Labute approximate surface area is 171 Å². The van der Waals surface area contributed by atoms with Crippen molar-refractivity contribution in [3.05, 3.63) is 118 Å². The minimum Gasteiger partial charge on any atom is -0.360 e. The van der Waals surface area contributed by atoms with Crippen molar-refractivity contribution in [2.24, 2.45) is 9.98 Å². The van der Waals surface area contributed by atoms with E-state index in [0.717, 1.165) is 55.6 Å². The lowest BCUT2D eigenvalue weighted by molar-refractivity contribution is 1.17. The number of aliphatic imine (C=N–C) groups is 2. The summed E-state index contributed by atoms with van der Waals surface area (Å²) in [5, 5.41) is 3.99. The maximum Gasteiger partial charge on any atom is 0.0873 e. The molecule has 0 bridgehead atoms. The normalized spacial score (nSPS) is 20.1. The van der Waals surface area contributed by atoms with E-state index < -0.39 is 0 Å². The van der Waals surface area contributed by atoms with Gasteiger partial charge in [-0.25, -0.2) is 9.98 Å². The Morgan fingerprint density at radius 2 is 0.967 bits per heavy atom. The zero-order chi connectivity index (χ0) is 19.9. The predicted molar refractivity (Wildman–Crippen MR) is 118 cm³/mol. The van der Waals surface area contributed by atoms with Crippen molar-refractivity contribution in [2.45, 2.75) is 0 Å². The smallest absolute Gasteiger partial charge is 0.0873 e. The van der Waals surface area contributed by atoms with Gasteiger partial charge in [0.25, 0.3) is 0 Å². The summed E-state index contributed by atoms with van der Waals surface area (Å²) < 4.78 is 0. The zero-order valence-electron chi connectivity index (χ0n) is 16.0. The fourth-order valence-corrected chi connectivity index (χ4v) is 3.71. The van der Waals surface area contributed by atoms with Crippen LogP contribution in [-0.2, 0) is 0 Å². The first-order chi connectivity index (χ1) is 14.8. The van der Waals surface area contributed by atoms with Gasteiger partial charge in [-0.15, -0.1) is 0 Å². The summed E-state index contributed by atoms with van der Waals surface area (Å²) in [6.45, 7) is 0. The first-order valence-electron chi connectivity index (χ1n) is 9.78. The number of aromatic nitrogens is 4. The second kappa shape index (κ2) is 6.63. The van der Waals surface area contributed by atoms with E-state index in [1.54, 1.807) is 0 Å². The van der Waals surface area contributed by atoms with Crippen molar-refractivity contribution < 1.29 is 0 Å². The van der Waals surface area contributed by atoms with Crippen LogP contribution in [0.25, 0.3) is 11.4 Å². The summed E-state index contributed by atoms with van der Waals surface area (Å²) >= 11 is 0. The Hall–Kier alpha value is -4.32. The molecule has 4 aromatic heterocycles. The van der Waals surface area contributed by atoms with Crippen LogP contribution in [0, 0.1) is 10.7 Å². The van der Waals surface area contributed by atoms with Crippen LogP contribution in [0.3, 0.4) is 0 Å². The zero-order valence-corrected chi connectivity index (χ0v) is 16.0. The number of hydrogen-bond acceptors (Lipinski definition) is 2. The molecule has 2 aliphatic heterocycles. The molecule has 2 aliphatic rings. The minimum absolute atomic E-state index is 0.922. The van der Waals surface area contributed by atoms with E-state index in [4.69, 9.17) is 9.98 Å². The highest BCUT2D eigenvalue weighted by Crippen LogP contribution is 2.14. The molecule has 0 fully saturated rings. The summed E-state index contributed by atoms with van der Waals surface area (Å²) in [7, 11) is 0. The molecular weight excluding hydrogens is 372 g/mol. The average molecular weight is 390 g/mol. The van der Waals surface area contributed by atoms with Gasteiger partial charge in [0.15, 0.2) is 0 Å². The van der Waals surface area contributed by atoms with Crippen molar-refractivity contribution in [3.8, 4) is 0 Å². The highest BCUT2D eigenvalue weighted by Gasteiger charge is 2.09. The van der Waals surface area contributed by atoms with Crippen LogP contribution in [-0.4, -0.2) is 31.4 Å². The molecule has 144 valence electrons. The molecule has 0 aliphatic carbocycles. The Bertz CT molecular complexity index is 1450. The van der Waals surface area contributed by atoms with Gasteiger partial charge in [-0.1, -0.05) is 0 Å². The van der Waals surface area contributed by atoms with Gasteiger partial charge in [0.1, 0.15) is 0 Å². The molecule has 0 atom stereocenters. The minimum atomic E-state index is 0.922. The molecule has 6 nitrogen and oxygen atoms in total. The van der Waals surface area contributed by atoms with Gasteiger partial charge in [0.2, 0.25) is 0 Å². The highest BCUT2D eigenvalue weighted by atomic mass is 14.9. The van der Waals surface area contributed by atoms with Gasteiger partial charge in [0, 0.05) is 12.4 Å². The molecule has 4 N–H and O–H groups in total. The Kier molecular flexibility index (Phi) is 3.67. The van der Waals surface area contributed by atoms with E-state index in [1.807, 2.05) is 61.0 Å². The van der Waals surface area contributed by atoms with Gasteiger partial charge < -0.3 is 19.9 Å². The number of aromatic amines is 4. The van der Waals surface area contributed by atoms with Crippen LogP contribution in [0.4, 0.5) is 0 Å². The van der Waals surface area contributed by atoms with Crippen molar-refractivity contribution in [2.75, 3.05) is 0 Å². The fraction of sp³-hybridized carbons (Fsp3) is 0. The molecule has 4 aromatic rings. The quantitative estimate of drug-likeness (QED) is 0.406. The average Bonchev–Trinajstić information content (AvgIpc) is 3.62. The number of H-pyrrole nitrogens is 4. The summed E-state index contributed by atoms with van der Waals surface area (Å²) in [5.74, 6) is 0. The summed E-state index contributed by atoms with van der Waals surface area (Å²) in [6.07, 6.45) is 11.9. The topological polar surface area (TPSA) is 87.9 Å². The fourth-order valence-electron chi connectivity index (χ4n) is 3.71. The lowest BCUT2D eigenvalue weighted by Gasteiger charge is -1.91. The molecular formula is C24H18N6. The molecule has 0 spiro atoms. The third-order valence-corrected chi connectivity index (χ3v) is 5.24. The van der Waals surface area contributed by atoms with E-state index in [-0.39, 0.29) is 0 Å². The van der Waals surface area contributed by atoms with E-state index in [0.29, 0.717) is 0 Å². The Morgan fingerprint density at radius 3 is 1.40 bits per heavy atom. The van der Waals surface area contributed by atoms with Crippen LogP contribution >= 0.6 is 0 Å². The number of nitrogens with one attached hydrogen (secondary N) is 4. The van der Waals surface area contributed by atoms with E-state index in [1.165, 1.54) is 0 Å². The molecule has 0 unspecified atom stereocenters. The molecule has 0 saturated carbocycles. The van der Waals surface area contributed by atoms with Crippen molar-refractivity contribution >= 4 is 22.8 Å². The van der Waals surface area contributed by atoms with Crippen LogP contribution < -0.4 is 10.7 Å². The van der Waals surface area contributed by atoms with Gasteiger partial charge in [-0.05, 0) is 72.8 Å². The number of allylic oxidation sites excluding steroid dienone is 2. The predicted octanol–water partition coefficient (Wildman–Crippen LogP) is 2.62. The first-order valence-corrected chi connectivity index (χ1v) is 9.78. The second-order valence-corrected chi connectivity index (χ2v) is 7.17. The first kappa shape index (κ1) is 16.6. The van der Waals surface area contributed by atoms with Gasteiger partial charge in [0.05, 0.1) is 55.6 Å². The molecule has 6 rings (SSSR count). The molecule has 0 aromatic carbocycles. The molecule has 30 heavy (non-hydrogen) atoms. The van der Waals surface area contributed by atoms with E-state index in [2.05, 4.69) is 44.2 Å². The number of rotatable bonds is 2. The van der Waals surface area contributed by atoms with Crippen molar-refractivity contribution in [1.29, 1.82) is 0 Å². The third-order valence-electron chi connectivity index (χ3n) is 5.24. The van der Waals surface area contributed by atoms with Gasteiger partial charge >= 0.3 is 0 Å². The lowest BCUT2D eigenvalue weighted by Crippen LogP contribution is -2.04. The largest absolute Gasteiger partial charge is 0.360 e. The maximum absolute atomic E-state index is 4.72. The molecule has 6 heterocycles. The van der Waals surface area contributed by atoms with Gasteiger partial charge in [-0.2, -0.15) is 0 Å². The third kappa shape index (κ3) is 2.82. The Morgan fingerprint density at radius 1 is 0.500 bits per heavy atom. The standard InChI is InChI=1S/C24H18N6/c1-3-15(25-13-1)17-5-7-19(27-17)21-9-11-23(29-21)24-12-10-22(30-24)20-8-6-18(28-20)16-4-2-14-26-16/h1-14,25-26,29-30H/b21-19+,22-20+,24-23+. The van der Waals surface area contributed by atoms with Crippen LogP contribution in [0.5, 0.6) is 0 Å². The maximum atomic E-state index is 4.72. The molecule has 0 radical (unpaired) electrons. The molecule has 0 saturated heterocycles. The second-order valence-electron chi connectivity index (χ2n) is 7.17. The van der Waals surface area contributed by atoms with Crippen LogP contribution in [0.15, 0.2) is 95.2 Å². The summed E-state index contributed by atoms with van der Waals surface area (Å²) in [6, 6.07) is 16.2. The van der Waals surface area contributed by atoms with E-state index >= 15 is 0 Å². The monoisotopic (exact) mass is 390 g/mol. The van der Waals surface area contributed by atoms with Crippen molar-refractivity contribution in [1.82, 2.24) is 19.9 Å². The highest BCUT2D eigenvalue weighted by molar-refractivity contribution is 6.13. The van der Waals surface area contributed by atoms with Gasteiger partial charge in [-0.3, -0.25) is 0 Å². The van der Waals surface area contributed by atoms with Crippen molar-refractivity contribution in [3.63, 3.8) is 0 Å². The summed E-state index contributed by atoms with van der Waals surface area (Å²) in [4.78, 5) is 22.8. The summed E-state index contributed by atoms with van der Waals surface area (Å²) in [5.41, 5.74) is 5.75. The lowest BCUT2D eigenvalue weighted by atomic mass is 10.3. The van der Waals surface area contributed by atoms with E-state index in [9.17, 15) is 0 Å². The molecule has 0 amide bonds. The Balaban J connectivity index is 1.42. The van der Waals surface area contributed by atoms with Crippen LogP contribution in [0.1, 0.15) is 11.4 Å². The number of nitrogens with zero attached hydrogens (tertiary/aromatic N) is 2. The van der Waals surface area contributed by atoms with Crippen LogP contribution in [0.2, 0.25) is 0 Å².